The Hall–Kier alpha value is -3.43. The number of carbonyl (C=O) groups excluding carboxylic acids is 2. The molecule has 0 fully saturated rings. The van der Waals surface area contributed by atoms with Crippen LogP contribution in [0.1, 0.15) is 26.3 Å². The Morgan fingerprint density at radius 2 is 1.56 bits per heavy atom. The predicted molar refractivity (Wildman–Crippen MR) is 132 cm³/mol. The molecule has 0 bridgehead atoms. The van der Waals surface area contributed by atoms with Crippen molar-refractivity contribution in [1.29, 1.82) is 0 Å². The van der Waals surface area contributed by atoms with Gasteiger partial charge in [0.2, 0.25) is 15.9 Å². The van der Waals surface area contributed by atoms with Gasteiger partial charge in [-0.25, -0.2) is 17.9 Å². The molecule has 0 aliphatic heterocycles. The molecular formula is C25H29N3O5S. The number of carbonyl (C=O) groups is 2. The summed E-state index contributed by atoms with van der Waals surface area (Å²) in [6.07, 6.45) is -0.714. The zero-order valence-electron chi connectivity index (χ0n) is 19.4. The predicted octanol–water partition coefficient (Wildman–Crippen LogP) is 4.03. The van der Waals surface area contributed by atoms with E-state index in [1.165, 1.54) is 13.0 Å². The van der Waals surface area contributed by atoms with Crippen molar-refractivity contribution < 1.29 is 22.7 Å². The molecule has 34 heavy (non-hydrogen) atoms. The zero-order chi connectivity index (χ0) is 24.7. The van der Waals surface area contributed by atoms with Crippen LogP contribution in [0, 0.1) is 5.92 Å². The fraction of sp³-hybridized carbons (Fsp3) is 0.280. The molecule has 3 rings (SSSR count). The van der Waals surface area contributed by atoms with Crippen molar-refractivity contribution >= 4 is 38.5 Å². The third-order valence-corrected chi connectivity index (χ3v) is 6.53. The third kappa shape index (κ3) is 6.55. The molecule has 180 valence electrons. The van der Waals surface area contributed by atoms with E-state index in [2.05, 4.69) is 15.4 Å². The van der Waals surface area contributed by atoms with Crippen molar-refractivity contribution in [2.75, 3.05) is 11.9 Å². The Morgan fingerprint density at radius 3 is 2.26 bits per heavy atom. The van der Waals surface area contributed by atoms with Gasteiger partial charge in [-0.2, -0.15) is 0 Å². The van der Waals surface area contributed by atoms with Crippen LogP contribution < -0.4 is 15.4 Å². The lowest BCUT2D eigenvalue weighted by atomic mass is 10.1. The number of nitrogens with one attached hydrogen (secondary N) is 3. The van der Waals surface area contributed by atoms with Gasteiger partial charge in [-0.3, -0.25) is 4.79 Å². The molecule has 9 heteroatoms. The fourth-order valence-corrected chi connectivity index (χ4v) is 4.66. The summed E-state index contributed by atoms with van der Waals surface area (Å²) >= 11 is 0. The second kappa shape index (κ2) is 11.1. The summed E-state index contributed by atoms with van der Waals surface area (Å²) in [6, 6.07) is 18.3. The van der Waals surface area contributed by atoms with Gasteiger partial charge < -0.3 is 15.4 Å². The molecule has 0 spiro atoms. The van der Waals surface area contributed by atoms with E-state index in [4.69, 9.17) is 4.74 Å². The van der Waals surface area contributed by atoms with Crippen molar-refractivity contribution in [2.24, 2.45) is 5.92 Å². The number of alkyl carbamates (subject to hydrolysis) is 1. The van der Waals surface area contributed by atoms with Crippen LogP contribution in [0.3, 0.4) is 0 Å². The van der Waals surface area contributed by atoms with E-state index in [-0.39, 0.29) is 17.4 Å². The van der Waals surface area contributed by atoms with Gasteiger partial charge in [-0.15, -0.1) is 0 Å². The van der Waals surface area contributed by atoms with Crippen LogP contribution in [0.2, 0.25) is 0 Å². The molecule has 0 unspecified atom stereocenters. The van der Waals surface area contributed by atoms with Gasteiger partial charge >= 0.3 is 6.09 Å². The summed E-state index contributed by atoms with van der Waals surface area (Å²) in [4.78, 5) is 24.9. The number of anilines is 1. The number of benzene rings is 3. The summed E-state index contributed by atoms with van der Waals surface area (Å²) < 4.78 is 33.4. The van der Waals surface area contributed by atoms with Crippen molar-refractivity contribution in [3.8, 4) is 0 Å². The van der Waals surface area contributed by atoms with E-state index in [1.54, 1.807) is 30.3 Å². The minimum Gasteiger partial charge on any atom is -0.445 e. The molecule has 0 aliphatic rings. The molecule has 0 radical (unpaired) electrons. The SMILES string of the molecule is CC(C)CNS(=O)(=O)c1cccc2c(NC(=O)[C@H](C)NC(=O)OCc3ccccc3)cccc12. The molecule has 1 atom stereocenters. The molecule has 0 saturated heterocycles. The highest BCUT2D eigenvalue weighted by molar-refractivity contribution is 7.89. The van der Waals surface area contributed by atoms with Crippen LogP contribution in [-0.2, 0) is 26.2 Å². The van der Waals surface area contributed by atoms with Crippen LogP contribution in [0.15, 0.2) is 71.6 Å². The maximum Gasteiger partial charge on any atom is 0.408 e. The van der Waals surface area contributed by atoms with Crippen LogP contribution in [0.25, 0.3) is 10.8 Å². The standard InChI is InChI=1S/C25H29N3O5S/c1-17(2)15-26-34(31,32)23-14-8-11-20-21(23)12-7-13-22(20)28-24(29)18(3)27-25(30)33-16-19-9-5-4-6-10-19/h4-14,17-18,26H,15-16H2,1-3H3,(H,27,30)(H,28,29)/t18-/m0/s1. The van der Waals surface area contributed by atoms with E-state index < -0.39 is 28.1 Å². The van der Waals surface area contributed by atoms with Gasteiger partial charge in [-0.1, -0.05) is 68.4 Å². The minimum absolute atomic E-state index is 0.0897. The number of rotatable bonds is 9. The number of fused-ring (bicyclic) bond motifs is 1. The summed E-state index contributed by atoms with van der Waals surface area (Å²) in [5, 5.41) is 6.33. The van der Waals surface area contributed by atoms with Crippen LogP contribution in [0.5, 0.6) is 0 Å². The zero-order valence-corrected chi connectivity index (χ0v) is 20.2. The fourth-order valence-electron chi connectivity index (χ4n) is 3.23. The minimum atomic E-state index is -3.72. The first-order valence-corrected chi connectivity index (χ1v) is 12.4. The molecule has 8 nitrogen and oxygen atoms in total. The molecule has 3 aromatic carbocycles. The molecule has 0 aliphatic carbocycles. The molecule has 3 N–H and O–H groups in total. The van der Waals surface area contributed by atoms with E-state index in [9.17, 15) is 18.0 Å². The van der Waals surface area contributed by atoms with E-state index in [0.29, 0.717) is 23.0 Å². The highest BCUT2D eigenvalue weighted by atomic mass is 32.2. The van der Waals surface area contributed by atoms with E-state index in [0.717, 1.165) is 5.56 Å². The van der Waals surface area contributed by atoms with Crippen molar-refractivity contribution in [3.63, 3.8) is 0 Å². The molecule has 3 aromatic rings. The number of ether oxygens (including phenoxy) is 1. The second-order valence-electron chi connectivity index (χ2n) is 8.32. The number of hydrogen-bond donors (Lipinski definition) is 3. The number of amides is 2. The number of sulfonamides is 1. The highest BCUT2D eigenvalue weighted by Gasteiger charge is 2.20. The Labute approximate surface area is 199 Å². The van der Waals surface area contributed by atoms with Crippen LogP contribution in [-0.4, -0.2) is 33.0 Å². The Bertz CT molecular complexity index is 1260. The monoisotopic (exact) mass is 483 g/mol. The lowest BCUT2D eigenvalue weighted by Crippen LogP contribution is -2.41. The van der Waals surface area contributed by atoms with Gasteiger partial charge in [0.1, 0.15) is 12.6 Å². The van der Waals surface area contributed by atoms with E-state index >= 15 is 0 Å². The largest absolute Gasteiger partial charge is 0.445 e. The highest BCUT2D eigenvalue weighted by Crippen LogP contribution is 2.29. The molecule has 2 amide bonds. The lowest BCUT2D eigenvalue weighted by Gasteiger charge is -2.16. The first kappa shape index (κ1) is 25.2. The average Bonchev–Trinajstić information content (AvgIpc) is 2.82. The Kier molecular flexibility index (Phi) is 8.25. The van der Waals surface area contributed by atoms with Gasteiger partial charge in [0.15, 0.2) is 0 Å². The van der Waals surface area contributed by atoms with E-state index in [1.807, 2.05) is 44.2 Å². The van der Waals surface area contributed by atoms with Crippen LogP contribution in [0.4, 0.5) is 10.5 Å². The van der Waals surface area contributed by atoms with Crippen molar-refractivity contribution in [3.05, 3.63) is 72.3 Å². The third-order valence-electron chi connectivity index (χ3n) is 5.05. The first-order chi connectivity index (χ1) is 16.2. The van der Waals surface area contributed by atoms with Crippen molar-refractivity contribution in [1.82, 2.24) is 10.0 Å². The summed E-state index contributed by atoms with van der Waals surface area (Å²) in [5.74, 6) is -0.302. The molecule has 0 aromatic heterocycles. The topological polar surface area (TPSA) is 114 Å². The lowest BCUT2D eigenvalue weighted by molar-refractivity contribution is -0.117. The second-order valence-corrected chi connectivity index (χ2v) is 10.1. The van der Waals surface area contributed by atoms with Crippen LogP contribution >= 0.6 is 0 Å². The average molecular weight is 484 g/mol. The summed E-state index contributed by atoms with van der Waals surface area (Å²) in [5.41, 5.74) is 1.27. The quantitative estimate of drug-likeness (QED) is 0.425. The van der Waals surface area contributed by atoms with Crippen molar-refractivity contribution in [2.45, 2.75) is 38.3 Å². The smallest absolute Gasteiger partial charge is 0.408 e. The first-order valence-electron chi connectivity index (χ1n) is 11.0. The normalized spacial score (nSPS) is 12.4. The number of hydrogen-bond acceptors (Lipinski definition) is 5. The Morgan fingerprint density at radius 1 is 0.882 bits per heavy atom. The molecule has 0 saturated carbocycles. The Balaban J connectivity index is 1.70. The molecule has 0 heterocycles. The maximum atomic E-state index is 12.8. The maximum absolute atomic E-state index is 12.8. The summed E-state index contributed by atoms with van der Waals surface area (Å²) in [6.45, 7) is 5.79. The molecular weight excluding hydrogens is 454 g/mol. The van der Waals surface area contributed by atoms with Gasteiger partial charge in [0.25, 0.3) is 0 Å². The summed E-state index contributed by atoms with van der Waals surface area (Å²) in [7, 11) is -3.72. The van der Waals surface area contributed by atoms with Gasteiger partial charge in [0.05, 0.1) is 4.90 Å². The van der Waals surface area contributed by atoms with Gasteiger partial charge in [-0.05, 0) is 30.5 Å². The van der Waals surface area contributed by atoms with Gasteiger partial charge in [0, 0.05) is 23.0 Å².